The van der Waals surface area contributed by atoms with Gasteiger partial charge in [0.15, 0.2) is 0 Å². The molecule has 20 heavy (non-hydrogen) atoms. The van der Waals surface area contributed by atoms with Gasteiger partial charge in [0.1, 0.15) is 0 Å². The van der Waals surface area contributed by atoms with Crippen molar-refractivity contribution in [3.05, 3.63) is 24.3 Å². The van der Waals surface area contributed by atoms with E-state index in [2.05, 4.69) is 15.4 Å². The number of anilines is 1. The molecule has 0 amide bonds. The van der Waals surface area contributed by atoms with E-state index < -0.39 is 10.0 Å². The summed E-state index contributed by atoms with van der Waals surface area (Å²) in [4.78, 5) is 0.305. The lowest BCUT2D eigenvalue weighted by atomic mass is 10.1. The second kappa shape index (κ2) is 6.56. The first-order valence-corrected chi connectivity index (χ1v) is 8.52. The van der Waals surface area contributed by atoms with Crippen LogP contribution in [-0.4, -0.2) is 34.1 Å². The van der Waals surface area contributed by atoms with E-state index in [0.717, 1.165) is 25.3 Å². The first kappa shape index (κ1) is 15.3. The molecule has 1 aliphatic rings. The van der Waals surface area contributed by atoms with Crippen LogP contribution in [0.3, 0.4) is 0 Å². The topological polar surface area (TPSA) is 70.2 Å². The van der Waals surface area contributed by atoms with Crippen molar-refractivity contribution in [1.29, 1.82) is 0 Å². The van der Waals surface area contributed by atoms with Crippen molar-refractivity contribution < 1.29 is 8.42 Å². The molecule has 0 aromatic heterocycles. The van der Waals surface area contributed by atoms with Crippen LogP contribution in [0.15, 0.2) is 29.2 Å². The Bertz CT molecular complexity index is 520. The van der Waals surface area contributed by atoms with Gasteiger partial charge in [-0.2, -0.15) is 0 Å². The van der Waals surface area contributed by atoms with Crippen LogP contribution in [-0.2, 0) is 10.0 Å². The van der Waals surface area contributed by atoms with E-state index >= 15 is 0 Å². The summed E-state index contributed by atoms with van der Waals surface area (Å²) in [7, 11) is -3.39. The Morgan fingerprint density at radius 3 is 2.55 bits per heavy atom. The minimum absolute atomic E-state index is 0.104. The van der Waals surface area contributed by atoms with Gasteiger partial charge >= 0.3 is 0 Å². The van der Waals surface area contributed by atoms with Crippen molar-refractivity contribution in [2.24, 2.45) is 5.92 Å². The van der Waals surface area contributed by atoms with E-state index in [1.807, 2.05) is 26.0 Å². The maximum atomic E-state index is 12.0. The fourth-order valence-corrected chi connectivity index (χ4v) is 3.53. The van der Waals surface area contributed by atoms with Gasteiger partial charge in [0.2, 0.25) is 10.0 Å². The first-order chi connectivity index (χ1) is 9.47. The van der Waals surface area contributed by atoms with Crippen molar-refractivity contribution in [2.45, 2.75) is 31.2 Å². The Hall–Kier alpha value is -1.11. The summed E-state index contributed by atoms with van der Waals surface area (Å²) >= 11 is 0. The molecule has 112 valence electrons. The van der Waals surface area contributed by atoms with Crippen LogP contribution in [0, 0.1) is 5.92 Å². The minimum Gasteiger partial charge on any atom is -0.385 e. The lowest BCUT2D eigenvalue weighted by Gasteiger charge is -2.13. The lowest BCUT2D eigenvalue weighted by molar-refractivity contribution is 0.570. The monoisotopic (exact) mass is 297 g/mol. The number of nitrogens with one attached hydrogen (secondary N) is 3. The fourth-order valence-electron chi connectivity index (χ4n) is 2.28. The van der Waals surface area contributed by atoms with Crippen LogP contribution in [0.25, 0.3) is 0 Å². The van der Waals surface area contributed by atoms with E-state index in [-0.39, 0.29) is 6.04 Å². The van der Waals surface area contributed by atoms with Gasteiger partial charge in [-0.3, -0.25) is 0 Å². The summed E-state index contributed by atoms with van der Waals surface area (Å²) < 4.78 is 26.5. The average molecular weight is 297 g/mol. The Morgan fingerprint density at radius 2 is 2.00 bits per heavy atom. The van der Waals surface area contributed by atoms with Crippen LogP contribution in [0.2, 0.25) is 0 Å². The summed E-state index contributed by atoms with van der Waals surface area (Å²) in [6.07, 6.45) is 1.19. The summed E-state index contributed by atoms with van der Waals surface area (Å²) in [5.41, 5.74) is 0.959. The Balaban J connectivity index is 1.95. The SMILES string of the molecule is CC(C)NS(=O)(=O)c1ccc(NCC2CCNC2)cc1. The molecule has 6 heteroatoms. The van der Waals surface area contributed by atoms with Gasteiger partial charge in [-0.25, -0.2) is 13.1 Å². The minimum atomic E-state index is -3.39. The van der Waals surface area contributed by atoms with Gasteiger partial charge < -0.3 is 10.6 Å². The first-order valence-electron chi connectivity index (χ1n) is 7.04. The molecule has 1 aromatic carbocycles. The highest BCUT2D eigenvalue weighted by Gasteiger charge is 2.16. The summed E-state index contributed by atoms with van der Waals surface area (Å²) in [5.74, 6) is 0.654. The predicted molar refractivity (Wildman–Crippen MR) is 81.4 cm³/mol. The van der Waals surface area contributed by atoms with Crippen molar-refractivity contribution in [3.63, 3.8) is 0 Å². The predicted octanol–water partition coefficient (Wildman–Crippen LogP) is 1.39. The molecule has 2 rings (SSSR count). The largest absolute Gasteiger partial charge is 0.385 e. The second-order valence-corrected chi connectivity index (χ2v) is 7.25. The number of hydrogen-bond donors (Lipinski definition) is 3. The van der Waals surface area contributed by atoms with Crippen LogP contribution < -0.4 is 15.4 Å². The molecule has 0 bridgehead atoms. The van der Waals surface area contributed by atoms with Gasteiger partial charge in [-0.1, -0.05) is 0 Å². The molecule has 1 saturated heterocycles. The molecule has 1 unspecified atom stereocenters. The van der Waals surface area contributed by atoms with Crippen molar-refractivity contribution in [1.82, 2.24) is 10.0 Å². The summed E-state index contributed by atoms with van der Waals surface area (Å²) in [5, 5.41) is 6.68. The average Bonchev–Trinajstić information content (AvgIpc) is 2.88. The van der Waals surface area contributed by atoms with Gasteiger partial charge in [0.25, 0.3) is 0 Å². The molecular formula is C14H23N3O2S. The smallest absolute Gasteiger partial charge is 0.240 e. The molecule has 0 radical (unpaired) electrons. The molecule has 0 spiro atoms. The van der Waals surface area contributed by atoms with Crippen molar-refractivity contribution in [3.8, 4) is 0 Å². The van der Waals surface area contributed by atoms with Crippen molar-refractivity contribution >= 4 is 15.7 Å². The maximum Gasteiger partial charge on any atom is 0.240 e. The molecule has 1 fully saturated rings. The van der Waals surface area contributed by atoms with Gasteiger partial charge in [-0.05, 0) is 63.5 Å². The molecule has 1 atom stereocenters. The Morgan fingerprint density at radius 1 is 1.30 bits per heavy atom. The van der Waals surface area contributed by atoms with Gasteiger partial charge in [0, 0.05) is 18.3 Å². The van der Waals surface area contributed by atoms with Gasteiger partial charge in [0.05, 0.1) is 4.90 Å². The van der Waals surface area contributed by atoms with E-state index in [0.29, 0.717) is 10.8 Å². The highest BCUT2D eigenvalue weighted by atomic mass is 32.2. The zero-order valence-electron chi connectivity index (χ0n) is 12.0. The third-order valence-electron chi connectivity index (χ3n) is 3.31. The molecule has 3 N–H and O–H groups in total. The molecule has 1 heterocycles. The fraction of sp³-hybridized carbons (Fsp3) is 0.571. The van der Waals surface area contributed by atoms with E-state index in [4.69, 9.17) is 0 Å². The van der Waals surface area contributed by atoms with Crippen LogP contribution in [0.1, 0.15) is 20.3 Å². The molecule has 0 saturated carbocycles. The molecule has 5 nitrogen and oxygen atoms in total. The second-order valence-electron chi connectivity index (χ2n) is 5.54. The van der Waals surface area contributed by atoms with E-state index in [1.165, 1.54) is 6.42 Å². The number of benzene rings is 1. The van der Waals surface area contributed by atoms with Crippen molar-refractivity contribution in [2.75, 3.05) is 25.0 Å². The van der Waals surface area contributed by atoms with Crippen LogP contribution >= 0.6 is 0 Å². The lowest BCUT2D eigenvalue weighted by Crippen LogP contribution is -2.30. The van der Waals surface area contributed by atoms with Gasteiger partial charge in [-0.15, -0.1) is 0 Å². The van der Waals surface area contributed by atoms with E-state index in [1.54, 1.807) is 12.1 Å². The summed E-state index contributed by atoms with van der Waals surface area (Å²) in [6, 6.07) is 6.81. The van der Waals surface area contributed by atoms with Crippen LogP contribution in [0.4, 0.5) is 5.69 Å². The molecule has 1 aromatic rings. The highest BCUT2D eigenvalue weighted by Crippen LogP contribution is 2.16. The Labute approximate surface area is 121 Å². The Kier molecular flexibility index (Phi) is 5.01. The maximum absolute atomic E-state index is 12.0. The number of rotatable bonds is 6. The summed E-state index contributed by atoms with van der Waals surface area (Å²) in [6.45, 7) is 6.68. The third-order valence-corrected chi connectivity index (χ3v) is 4.99. The number of hydrogen-bond acceptors (Lipinski definition) is 4. The van der Waals surface area contributed by atoms with Crippen LogP contribution in [0.5, 0.6) is 0 Å². The quantitative estimate of drug-likeness (QED) is 0.742. The molecular weight excluding hydrogens is 274 g/mol. The normalized spacial score (nSPS) is 19.4. The third kappa shape index (κ3) is 4.19. The standard InChI is InChI=1S/C14H23N3O2S/c1-11(2)17-20(18,19)14-5-3-13(4-6-14)16-10-12-7-8-15-9-12/h3-6,11-12,15-17H,7-10H2,1-2H3. The molecule has 1 aliphatic heterocycles. The zero-order chi connectivity index (χ0) is 14.6. The molecule has 0 aliphatic carbocycles. The zero-order valence-corrected chi connectivity index (χ0v) is 12.8. The number of sulfonamides is 1. The highest BCUT2D eigenvalue weighted by molar-refractivity contribution is 7.89. The van der Waals surface area contributed by atoms with E-state index in [9.17, 15) is 8.42 Å².